The van der Waals surface area contributed by atoms with Crippen molar-refractivity contribution < 1.29 is 8.42 Å². The van der Waals surface area contributed by atoms with Crippen molar-refractivity contribution in [1.82, 2.24) is 0 Å². The predicted molar refractivity (Wildman–Crippen MR) is 79.5 cm³/mol. The number of hydrogen-bond acceptors (Lipinski definition) is 3. The Kier molecular flexibility index (Phi) is 4.24. The Morgan fingerprint density at radius 2 is 2.22 bits per heavy atom. The van der Waals surface area contributed by atoms with Crippen LogP contribution in [-0.4, -0.2) is 33.0 Å². The highest BCUT2D eigenvalue weighted by molar-refractivity contribution is 9.08. The third-order valence-electron chi connectivity index (χ3n) is 3.33. The highest BCUT2D eigenvalue weighted by Crippen LogP contribution is 2.30. The van der Waals surface area contributed by atoms with Gasteiger partial charge < -0.3 is 4.90 Å². The molecule has 0 amide bonds. The molecule has 0 spiro atoms. The minimum atomic E-state index is -2.86. The minimum absolute atomic E-state index is 0.0475. The minimum Gasteiger partial charge on any atom is -0.370 e. The topological polar surface area (TPSA) is 37.4 Å². The molecule has 1 aromatic rings. The van der Waals surface area contributed by atoms with Gasteiger partial charge >= 0.3 is 0 Å². The summed E-state index contributed by atoms with van der Waals surface area (Å²) in [6.45, 7) is 0. The van der Waals surface area contributed by atoms with E-state index < -0.39 is 9.84 Å². The molecule has 1 fully saturated rings. The number of halogens is 2. The average Bonchev–Trinajstić information content (AvgIpc) is 2.68. The average molecular weight is 353 g/mol. The summed E-state index contributed by atoms with van der Waals surface area (Å²) in [6, 6.07) is 5.75. The molecule has 1 aromatic carbocycles. The smallest absolute Gasteiger partial charge is 0.152 e. The molecule has 1 atom stereocenters. The van der Waals surface area contributed by atoms with E-state index in [4.69, 9.17) is 11.6 Å². The van der Waals surface area contributed by atoms with Gasteiger partial charge in [-0.1, -0.05) is 33.6 Å². The van der Waals surface area contributed by atoms with Crippen LogP contribution in [0.25, 0.3) is 0 Å². The molecule has 0 N–H and O–H groups in total. The molecule has 0 aromatic heterocycles. The summed E-state index contributed by atoms with van der Waals surface area (Å²) in [5.41, 5.74) is 2.12. The monoisotopic (exact) mass is 351 g/mol. The van der Waals surface area contributed by atoms with E-state index in [0.717, 1.165) is 16.6 Å². The van der Waals surface area contributed by atoms with Crippen molar-refractivity contribution in [3.63, 3.8) is 0 Å². The lowest BCUT2D eigenvalue weighted by Crippen LogP contribution is -2.33. The largest absolute Gasteiger partial charge is 0.370 e. The third-order valence-corrected chi connectivity index (χ3v) is 5.92. The zero-order valence-corrected chi connectivity index (χ0v) is 13.2. The van der Waals surface area contributed by atoms with E-state index in [-0.39, 0.29) is 17.5 Å². The molecule has 0 radical (unpaired) electrons. The summed E-state index contributed by atoms with van der Waals surface area (Å²) in [4.78, 5) is 2.03. The van der Waals surface area contributed by atoms with Gasteiger partial charge in [-0.15, -0.1) is 0 Å². The molecule has 6 heteroatoms. The van der Waals surface area contributed by atoms with Crippen LogP contribution in [0.1, 0.15) is 12.0 Å². The van der Waals surface area contributed by atoms with E-state index in [1.165, 1.54) is 0 Å². The Balaban J connectivity index is 2.28. The van der Waals surface area contributed by atoms with Crippen LogP contribution in [-0.2, 0) is 15.2 Å². The molecule has 1 aliphatic heterocycles. The quantitative estimate of drug-likeness (QED) is 0.785. The van der Waals surface area contributed by atoms with E-state index in [2.05, 4.69) is 15.9 Å². The standard InChI is InChI=1S/C12H15BrClNO2S/c1-15(11-4-5-18(16,17)8-11)12-6-10(14)3-2-9(12)7-13/h2-3,6,11H,4-5,7-8H2,1H3. The lowest BCUT2D eigenvalue weighted by Gasteiger charge is -2.27. The fourth-order valence-electron chi connectivity index (χ4n) is 2.26. The molecule has 1 heterocycles. The van der Waals surface area contributed by atoms with Gasteiger partial charge in [0, 0.05) is 29.1 Å². The number of alkyl halides is 1. The highest BCUT2D eigenvalue weighted by atomic mass is 79.9. The van der Waals surface area contributed by atoms with Crippen LogP contribution in [0.15, 0.2) is 18.2 Å². The molecular formula is C12H15BrClNO2S. The number of nitrogens with zero attached hydrogens (tertiary/aromatic N) is 1. The Bertz CT molecular complexity index is 547. The highest BCUT2D eigenvalue weighted by Gasteiger charge is 2.31. The van der Waals surface area contributed by atoms with Crippen molar-refractivity contribution in [2.45, 2.75) is 17.8 Å². The molecule has 3 nitrogen and oxygen atoms in total. The number of sulfone groups is 1. The summed E-state index contributed by atoms with van der Waals surface area (Å²) in [6.07, 6.45) is 0.688. The van der Waals surface area contributed by atoms with Gasteiger partial charge in [0.2, 0.25) is 0 Å². The van der Waals surface area contributed by atoms with E-state index in [1.54, 1.807) is 0 Å². The number of anilines is 1. The number of rotatable bonds is 3. The zero-order valence-electron chi connectivity index (χ0n) is 10.1. The van der Waals surface area contributed by atoms with Crippen LogP contribution in [0.3, 0.4) is 0 Å². The fourth-order valence-corrected chi connectivity index (χ4v) is 4.67. The van der Waals surface area contributed by atoms with Gasteiger partial charge in [0.15, 0.2) is 9.84 Å². The van der Waals surface area contributed by atoms with Gasteiger partial charge in [-0.2, -0.15) is 0 Å². The Labute approximate surface area is 121 Å². The summed E-state index contributed by atoms with van der Waals surface area (Å²) in [5, 5.41) is 1.39. The lowest BCUT2D eigenvalue weighted by molar-refractivity contribution is 0.601. The number of benzene rings is 1. The summed E-state index contributed by atoms with van der Waals surface area (Å²) < 4.78 is 23.1. The van der Waals surface area contributed by atoms with Crippen molar-refractivity contribution >= 4 is 43.1 Å². The van der Waals surface area contributed by atoms with Crippen molar-refractivity contribution in [1.29, 1.82) is 0 Å². The van der Waals surface area contributed by atoms with E-state index in [0.29, 0.717) is 11.4 Å². The van der Waals surface area contributed by atoms with E-state index >= 15 is 0 Å². The summed E-state index contributed by atoms with van der Waals surface area (Å²) in [5.74, 6) is 0.518. The molecule has 18 heavy (non-hydrogen) atoms. The van der Waals surface area contributed by atoms with Crippen LogP contribution >= 0.6 is 27.5 Å². The Hall–Kier alpha value is -0.260. The fraction of sp³-hybridized carbons (Fsp3) is 0.500. The summed E-state index contributed by atoms with van der Waals surface area (Å²) in [7, 11) is -0.931. The van der Waals surface area contributed by atoms with Crippen LogP contribution in [0, 0.1) is 0 Å². The normalized spacial score (nSPS) is 22.1. The first-order valence-corrected chi connectivity index (χ1v) is 9.02. The molecule has 0 bridgehead atoms. The van der Waals surface area contributed by atoms with Crippen molar-refractivity contribution in [2.24, 2.45) is 0 Å². The predicted octanol–water partition coefficient (Wildman–Crippen LogP) is 2.86. The third kappa shape index (κ3) is 3.00. The van der Waals surface area contributed by atoms with Gasteiger partial charge in [-0.3, -0.25) is 0 Å². The molecule has 100 valence electrons. The molecule has 1 aliphatic rings. The second-order valence-electron chi connectivity index (χ2n) is 4.57. The van der Waals surface area contributed by atoms with Crippen molar-refractivity contribution in [2.75, 3.05) is 23.5 Å². The first-order chi connectivity index (χ1) is 8.43. The van der Waals surface area contributed by atoms with Gasteiger partial charge in [0.1, 0.15) is 0 Å². The Morgan fingerprint density at radius 3 is 2.78 bits per heavy atom. The second kappa shape index (κ2) is 5.39. The van der Waals surface area contributed by atoms with Crippen LogP contribution < -0.4 is 4.90 Å². The van der Waals surface area contributed by atoms with Crippen LogP contribution in [0.5, 0.6) is 0 Å². The van der Waals surface area contributed by atoms with Crippen LogP contribution in [0.2, 0.25) is 5.02 Å². The maximum Gasteiger partial charge on any atom is 0.152 e. The van der Waals surface area contributed by atoms with Crippen molar-refractivity contribution in [3.05, 3.63) is 28.8 Å². The molecule has 1 saturated heterocycles. The first-order valence-electron chi connectivity index (χ1n) is 5.70. The molecule has 0 aliphatic carbocycles. The van der Waals surface area contributed by atoms with Gasteiger partial charge in [0.05, 0.1) is 11.5 Å². The van der Waals surface area contributed by atoms with E-state index in [9.17, 15) is 8.42 Å². The molecular weight excluding hydrogens is 338 g/mol. The second-order valence-corrected chi connectivity index (χ2v) is 7.80. The van der Waals surface area contributed by atoms with Crippen molar-refractivity contribution in [3.8, 4) is 0 Å². The van der Waals surface area contributed by atoms with Crippen LogP contribution in [0.4, 0.5) is 5.69 Å². The molecule has 2 rings (SSSR count). The van der Waals surface area contributed by atoms with E-state index in [1.807, 2.05) is 30.1 Å². The van der Waals surface area contributed by atoms with Gasteiger partial charge in [-0.25, -0.2) is 8.42 Å². The maximum atomic E-state index is 11.5. The SMILES string of the molecule is CN(c1cc(Cl)ccc1CBr)C1CCS(=O)(=O)C1. The first kappa shape index (κ1) is 14.2. The van der Waals surface area contributed by atoms with Gasteiger partial charge in [-0.05, 0) is 24.1 Å². The maximum absolute atomic E-state index is 11.5. The molecule has 0 saturated carbocycles. The number of hydrogen-bond donors (Lipinski definition) is 0. The summed E-state index contributed by atoms with van der Waals surface area (Å²) >= 11 is 9.46. The lowest BCUT2D eigenvalue weighted by atomic mass is 10.1. The van der Waals surface area contributed by atoms with Gasteiger partial charge in [0.25, 0.3) is 0 Å². The Morgan fingerprint density at radius 1 is 1.50 bits per heavy atom. The zero-order chi connectivity index (χ0) is 13.3. The molecule has 1 unspecified atom stereocenters.